The summed E-state index contributed by atoms with van der Waals surface area (Å²) in [7, 11) is 2.53. The van der Waals surface area contributed by atoms with Crippen LogP contribution in [0.15, 0.2) is 33.9 Å². The van der Waals surface area contributed by atoms with Crippen LogP contribution < -0.4 is 22.3 Å². The molecular weight excluding hydrogens is 304 g/mol. The Morgan fingerprint density at radius 1 is 1.13 bits per heavy atom. The SMILES string of the molecule is Cn1c(N)c(C(=O)Nc2ccccc2C(=O)O)c(=O)n(C)c1=O. The molecule has 1 heterocycles. The molecule has 0 fully saturated rings. The summed E-state index contributed by atoms with van der Waals surface area (Å²) in [5, 5.41) is 11.4. The number of aromatic nitrogens is 2. The first-order valence-electron chi connectivity index (χ1n) is 6.44. The molecule has 0 radical (unpaired) electrons. The van der Waals surface area contributed by atoms with Gasteiger partial charge in [0.1, 0.15) is 11.4 Å². The standard InChI is InChI=1S/C14H14N4O5/c1-17-10(15)9(12(20)18(2)14(17)23)11(19)16-8-6-4-3-5-7(8)13(21)22/h3-6H,15H2,1-2H3,(H,16,19)(H,21,22). The Morgan fingerprint density at radius 3 is 2.35 bits per heavy atom. The Bertz CT molecular complexity index is 926. The molecule has 1 aromatic heterocycles. The summed E-state index contributed by atoms with van der Waals surface area (Å²) >= 11 is 0. The van der Waals surface area contributed by atoms with Crippen LogP contribution in [0.2, 0.25) is 0 Å². The number of amides is 1. The van der Waals surface area contributed by atoms with Crippen LogP contribution in [-0.2, 0) is 14.1 Å². The smallest absolute Gasteiger partial charge is 0.337 e. The molecule has 4 N–H and O–H groups in total. The number of hydrogen-bond donors (Lipinski definition) is 3. The van der Waals surface area contributed by atoms with Crippen LogP contribution in [0, 0.1) is 0 Å². The van der Waals surface area contributed by atoms with Gasteiger partial charge in [0.15, 0.2) is 0 Å². The zero-order valence-corrected chi connectivity index (χ0v) is 12.4. The number of anilines is 2. The zero-order chi connectivity index (χ0) is 17.3. The minimum atomic E-state index is -1.23. The predicted octanol–water partition coefficient (Wildman–Crippen LogP) is -0.383. The first-order valence-corrected chi connectivity index (χ1v) is 6.44. The number of carbonyl (C=O) groups is 2. The van der Waals surface area contributed by atoms with Gasteiger partial charge in [-0.3, -0.25) is 18.7 Å². The van der Waals surface area contributed by atoms with E-state index in [4.69, 9.17) is 10.8 Å². The van der Waals surface area contributed by atoms with Crippen molar-refractivity contribution in [3.63, 3.8) is 0 Å². The van der Waals surface area contributed by atoms with Gasteiger partial charge in [0.2, 0.25) is 0 Å². The lowest BCUT2D eigenvalue weighted by molar-refractivity contribution is 0.0698. The highest BCUT2D eigenvalue weighted by atomic mass is 16.4. The van der Waals surface area contributed by atoms with Crippen LogP contribution in [0.25, 0.3) is 0 Å². The second-order valence-corrected chi connectivity index (χ2v) is 4.77. The third-order valence-corrected chi connectivity index (χ3v) is 3.34. The molecule has 0 aliphatic carbocycles. The van der Waals surface area contributed by atoms with Crippen molar-refractivity contribution in [2.24, 2.45) is 14.1 Å². The maximum Gasteiger partial charge on any atom is 0.337 e. The monoisotopic (exact) mass is 318 g/mol. The number of nitrogen functional groups attached to an aromatic ring is 1. The van der Waals surface area contributed by atoms with E-state index in [9.17, 15) is 19.2 Å². The van der Waals surface area contributed by atoms with Crippen LogP contribution in [0.4, 0.5) is 11.5 Å². The Hall–Kier alpha value is -3.36. The van der Waals surface area contributed by atoms with Gasteiger partial charge in [-0.05, 0) is 12.1 Å². The quantitative estimate of drug-likeness (QED) is 0.705. The molecule has 1 aromatic carbocycles. The number of benzene rings is 1. The maximum atomic E-state index is 12.3. The molecule has 23 heavy (non-hydrogen) atoms. The van der Waals surface area contributed by atoms with Gasteiger partial charge in [0.05, 0.1) is 11.3 Å². The van der Waals surface area contributed by atoms with Crippen LogP contribution in [0.3, 0.4) is 0 Å². The highest BCUT2D eigenvalue weighted by molar-refractivity contribution is 6.09. The normalized spacial score (nSPS) is 10.3. The van der Waals surface area contributed by atoms with Crippen molar-refractivity contribution in [1.82, 2.24) is 9.13 Å². The molecule has 2 rings (SSSR count). The van der Waals surface area contributed by atoms with Crippen molar-refractivity contribution in [2.45, 2.75) is 0 Å². The van der Waals surface area contributed by atoms with E-state index in [1.165, 1.54) is 38.4 Å². The average molecular weight is 318 g/mol. The molecule has 0 atom stereocenters. The van der Waals surface area contributed by atoms with E-state index in [-0.39, 0.29) is 17.1 Å². The number of carboxylic acids is 1. The summed E-state index contributed by atoms with van der Waals surface area (Å²) in [6, 6.07) is 5.72. The fraction of sp³-hybridized carbons (Fsp3) is 0.143. The lowest BCUT2D eigenvalue weighted by atomic mass is 10.1. The fourth-order valence-corrected chi connectivity index (χ4v) is 2.04. The largest absolute Gasteiger partial charge is 0.478 e. The first-order chi connectivity index (χ1) is 10.8. The third kappa shape index (κ3) is 2.71. The van der Waals surface area contributed by atoms with Crippen molar-refractivity contribution in [2.75, 3.05) is 11.1 Å². The second-order valence-electron chi connectivity index (χ2n) is 4.77. The summed E-state index contributed by atoms with van der Waals surface area (Å²) in [5.74, 6) is -2.43. The van der Waals surface area contributed by atoms with E-state index in [1.54, 1.807) is 0 Å². The molecule has 0 spiro atoms. The van der Waals surface area contributed by atoms with Gasteiger partial charge >= 0.3 is 11.7 Å². The molecule has 0 aliphatic heterocycles. The Morgan fingerprint density at radius 2 is 1.74 bits per heavy atom. The average Bonchev–Trinajstić information content (AvgIpc) is 2.51. The van der Waals surface area contributed by atoms with E-state index in [0.717, 1.165) is 9.13 Å². The van der Waals surface area contributed by atoms with E-state index < -0.39 is 28.7 Å². The molecule has 0 aliphatic rings. The lowest BCUT2D eigenvalue weighted by Crippen LogP contribution is -2.42. The number of carboxylic acid groups (broad SMARTS) is 1. The molecule has 2 aromatic rings. The van der Waals surface area contributed by atoms with E-state index in [0.29, 0.717) is 0 Å². The number of para-hydroxylation sites is 1. The maximum absolute atomic E-state index is 12.3. The van der Waals surface area contributed by atoms with Crippen molar-refractivity contribution >= 4 is 23.4 Å². The number of nitrogens with zero attached hydrogens (tertiary/aromatic N) is 2. The van der Waals surface area contributed by atoms with E-state index in [2.05, 4.69) is 5.32 Å². The van der Waals surface area contributed by atoms with E-state index >= 15 is 0 Å². The van der Waals surface area contributed by atoms with Crippen molar-refractivity contribution < 1.29 is 14.7 Å². The third-order valence-electron chi connectivity index (χ3n) is 3.34. The summed E-state index contributed by atoms with van der Waals surface area (Å²) in [4.78, 5) is 47.3. The highest BCUT2D eigenvalue weighted by Crippen LogP contribution is 2.16. The number of nitrogens with two attached hydrogens (primary N) is 1. The summed E-state index contributed by atoms with van der Waals surface area (Å²) < 4.78 is 1.70. The van der Waals surface area contributed by atoms with Crippen LogP contribution >= 0.6 is 0 Å². The summed E-state index contributed by atoms with van der Waals surface area (Å²) in [6.07, 6.45) is 0. The first kappa shape index (κ1) is 16.0. The van der Waals surface area contributed by atoms with Crippen molar-refractivity contribution in [1.29, 1.82) is 0 Å². The molecule has 1 amide bonds. The minimum absolute atomic E-state index is 0.0142. The molecule has 9 nitrogen and oxygen atoms in total. The van der Waals surface area contributed by atoms with Crippen molar-refractivity contribution in [3.8, 4) is 0 Å². The van der Waals surface area contributed by atoms with E-state index in [1.807, 2.05) is 0 Å². The topological polar surface area (TPSA) is 136 Å². The zero-order valence-electron chi connectivity index (χ0n) is 12.4. The van der Waals surface area contributed by atoms with Gasteiger partial charge in [-0.15, -0.1) is 0 Å². The van der Waals surface area contributed by atoms with Crippen LogP contribution in [0.5, 0.6) is 0 Å². The van der Waals surface area contributed by atoms with Gasteiger partial charge in [-0.1, -0.05) is 12.1 Å². The van der Waals surface area contributed by atoms with Crippen LogP contribution in [-0.4, -0.2) is 26.1 Å². The summed E-state index contributed by atoms with van der Waals surface area (Å²) in [6.45, 7) is 0. The molecule has 0 saturated heterocycles. The second kappa shape index (κ2) is 5.79. The summed E-state index contributed by atoms with van der Waals surface area (Å²) in [5.41, 5.74) is 3.58. The van der Waals surface area contributed by atoms with Crippen LogP contribution in [0.1, 0.15) is 20.7 Å². The van der Waals surface area contributed by atoms with Gasteiger partial charge < -0.3 is 16.2 Å². The van der Waals surface area contributed by atoms with Gasteiger partial charge in [-0.25, -0.2) is 9.59 Å². The minimum Gasteiger partial charge on any atom is -0.478 e. The predicted molar refractivity (Wildman–Crippen MR) is 82.7 cm³/mol. The lowest BCUT2D eigenvalue weighted by Gasteiger charge is -2.12. The molecule has 0 bridgehead atoms. The number of carbonyl (C=O) groups excluding carboxylic acids is 1. The number of hydrogen-bond acceptors (Lipinski definition) is 5. The Kier molecular flexibility index (Phi) is 4.04. The van der Waals surface area contributed by atoms with Crippen molar-refractivity contribution in [3.05, 3.63) is 56.2 Å². The molecule has 120 valence electrons. The highest BCUT2D eigenvalue weighted by Gasteiger charge is 2.21. The van der Waals surface area contributed by atoms with Gasteiger partial charge in [0.25, 0.3) is 11.5 Å². The molecule has 9 heteroatoms. The number of aromatic carboxylic acids is 1. The Labute approximate surface area is 129 Å². The molecule has 0 unspecified atom stereocenters. The number of nitrogens with one attached hydrogen (secondary N) is 1. The Balaban J connectivity index is 2.55. The molecular formula is C14H14N4O5. The van der Waals surface area contributed by atoms with Gasteiger partial charge in [-0.2, -0.15) is 0 Å². The fourth-order valence-electron chi connectivity index (χ4n) is 2.04. The number of rotatable bonds is 3. The van der Waals surface area contributed by atoms with Gasteiger partial charge in [0, 0.05) is 14.1 Å². The molecule has 0 saturated carbocycles.